The molecule has 1 N–H and O–H groups in total. The molecule has 4 rings (SSSR count). The largest absolute Gasteiger partial charge is 0.335 e. The highest BCUT2D eigenvalue weighted by atomic mass is 15.3. The summed E-state index contributed by atoms with van der Waals surface area (Å²) in [6.07, 6.45) is 5.52. The molecule has 6 heteroatoms. The maximum Gasteiger partial charge on any atom is 0.176 e. The highest BCUT2D eigenvalue weighted by Gasteiger charge is 2.12. The van der Waals surface area contributed by atoms with Gasteiger partial charge in [0.05, 0.1) is 11.9 Å². The lowest BCUT2D eigenvalue weighted by atomic mass is 10.2. The van der Waals surface area contributed by atoms with E-state index in [9.17, 15) is 0 Å². The summed E-state index contributed by atoms with van der Waals surface area (Å²) >= 11 is 0. The van der Waals surface area contributed by atoms with Crippen LogP contribution in [0.25, 0.3) is 28.2 Å². The normalized spacial score (nSPS) is 11.6. The molecule has 0 fully saturated rings. The molecular formula is C16H16N6. The van der Waals surface area contributed by atoms with Crippen molar-refractivity contribution >= 4 is 11.2 Å². The highest BCUT2D eigenvalue weighted by molar-refractivity contribution is 5.76. The standard InChI is InChI=1S/C16H16N6/c1-11(2)22-16-14(10-18-22)19-15(20-16)12-4-6-13(7-5-12)21-9-3-8-17-21/h3-11H,1-2H3,(H,19,20). The van der Waals surface area contributed by atoms with Crippen molar-refractivity contribution in [3.8, 4) is 17.1 Å². The smallest absolute Gasteiger partial charge is 0.176 e. The first-order valence-electron chi connectivity index (χ1n) is 7.26. The van der Waals surface area contributed by atoms with Gasteiger partial charge in [-0.25, -0.2) is 14.3 Å². The molecule has 0 saturated carbocycles. The Morgan fingerprint density at radius 2 is 1.91 bits per heavy atom. The van der Waals surface area contributed by atoms with Gasteiger partial charge in [0.1, 0.15) is 11.3 Å². The molecule has 0 amide bonds. The summed E-state index contributed by atoms with van der Waals surface area (Å²) in [7, 11) is 0. The molecule has 0 unspecified atom stereocenters. The molecule has 0 saturated heterocycles. The average Bonchev–Trinajstić information content (AvgIpc) is 3.23. The average molecular weight is 292 g/mol. The van der Waals surface area contributed by atoms with Crippen LogP contribution < -0.4 is 0 Å². The van der Waals surface area contributed by atoms with Crippen LogP contribution in [0.1, 0.15) is 19.9 Å². The highest BCUT2D eigenvalue weighted by Crippen LogP contribution is 2.23. The molecule has 0 aliphatic carbocycles. The third-order valence-corrected chi connectivity index (χ3v) is 3.64. The minimum atomic E-state index is 0.288. The summed E-state index contributed by atoms with van der Waals surface area (Å²) in [6, 6.07) is 10.3. The van der Waals surface area contributed by atoms with Crippen LogP contribution in [0.4, 0.5) is 0 Å². The van der Waals surface area contributed by atoms with Gasteiger partial charge in [-0.05, 0) is 44.2 Å². The SMILES string of the molecule is CC(C)n1ncc2[nH]c(-c3ccc(-n4cccn4)cc3)nc21. The zero-order chi connectivity index (χ0) is 15.1. The molecule has 0 radical (unpaired) electrons. The molecule has 0 aliphatic rings. The molecule has 4 aromatic rings. The number of aromatic nitrogens is 6. The van der Waals surface area contributed by atoms with Crippen LogP contribution in [0.3, 0.4) is 0 Å². The van der Waals surface area contributed by atoms with E-state index in [4.69, 9.17) is 0 Å². The Balaban J connectivity index is 1.72. The number of hydrogen-bond acceptors (Lipinski definition) is 3. The van der Waals surface area contributed by atoms with E-state index < -0.39 is 0 Å². The van der Waals surface area contributed by atoms with Crippen LogP contribution in [0.2, 0.25) is 0 Å². The van der Waals surface area contributed by atoms with E-state index in [-0.39, 0.29) is 6.04 Å². The van der Waals surface area contributed by atoms with Crippen LogP contribution >= 0.6 is 0 Å². The fourth-order valence-corrected chi connectivity index (χ4v) is 2.53. The predicted molar refractivity (Wildman–Crippen MR) is 84.8 cm³/mol. The van der Waals surface area contributed by atoms with Gasteiger partial charge >= 0.3 is 0 Å². The van der Waals surface area contributed by atoms with Crippen LogP contribution in [0.5, 0.6) is 0 Å². The van der Waals surface area contributed by atoms with Crippen molar-refractivity contribution in [2.75, 3.05) is 0 Å². The first kappa shape index (κ1) is 12.8. The maximum absolute atomic E-state index is 4.68. The second-order valence-electron chi connectivity index (χ2n) is 5.50. The summed E-state index contributed by atoms with van der Waals surface area (Å²) in [6.45, 7) is 4.19. The third-order valence-electron chi connectivity index (χ3n) is 3.64. The number of benzene rings is 1. The van der Waals surface area contributed by atoms with Crippen molar-refractivity contribution in [1.82, 2.24) is 29.5 Å². The van der Waals surface area contributed by atoms with E-state index in [1.807, 2.05) is 52.1 Å². The van der Waals surface area contributed by atoms with E-state index in [0.717, 1.165) is 28.2 Å². The first-order valence-corrected chi connectivity index (χ1v) is 7.26. The van der Waals surface area contributed by atoms with Crippen molar-refractivity contribution in [3.05, 3.63) is 48.9 Å². The van der Waals surface area contributed by atoms with E-state index in [1.54, 1.807) is 6.20 Å². The number of nitrogens with one attached hydrogen (secondary N) is 1. The van der Waals surface area contributed by atoms with Gasteiger partial charge in [0.15, 0.2) is 5.65 Å². The number of fused-ring (bicyclic) bond motifs is 1. The van der Waals surface area contributed by atoms with Crippen molar-refractivity contribution in [2.24, 2.45) is 0 Å². The molecule has 3 heterocycles. The molecule has 0 spiro atoms. The van der Waals surface area contributed by atoms with Gasteiger partial charge in [0.25, 0.3) is 0 Å². The summed E-state index contributed by atoms with van der Waals surface area (Å²) in [5.74, 6) is 0.855. The van der Waals surface area contributed by atoms with Crippen LogP contribution in [0, 0.1) is 0 Å². The Bertz CT molecular complexity index is 896. The predicted octanol–water partition coefficient (Wildman–Crippen LogP) is 3.19. The van der Waals surface area contributed by atoms with Crippen molar-refractivity contribution in [2.45, 2.75) is 19.9 Å². The molecule has 0 atom stereocenters. The van der Waals surface area contributed by atoms with Crippen LogP contribution in [-0.4, -0.2) is 29.5 Å². The third kappa shape index (κ3) is 2.00. The fraction of sp³-hybridized carbons (Fsp3) is 0.188. The van der Waals surface area contributed by atoms with Gasteiger partial charge < -0.3 is 4.98 Å². The Hall–Kier alpha value is -2.89. The van der Waals surface area contributed by atoms with Gasteiger partial charge in [-0.15, -0.1) is 0 Å². The Morgan fingerprint density at radius 1 is 1.09 bits per heavy atom. The Morgan fingerprint density at radius 3 is 2.59 bits per heavy atom. The lowest BCUT2D eigenvalue weighted by Gasteiger charge is -2.04. The summed E-state index contributed by atoms with van der Waals surface area (Å²) < 4.78 is 3.76. The topological polar surface area (TPSA) is 64.3 Å². The second-order valence-corrected chi connectivity index (χ2v) is 5.50. The number of aromatic amines is 1. The van der Waals surface area contributed by atoms with E-state index in [0.29, 0.717) is 0 Å². The van der Waals surface area contributed by atoms with Crippen LogP contribution in [-0.2, 0) is 0 Å². The monoisotopic (exact) mass is 292 g/mol. The number of imidazole rings is 1. The maximum atomic E-state index is 4.68. The Kier molecular flexibility index (Phi) is 2.82. The minimum Gasteiger partial charge on any atom is -0.335 e. The van der Waals surface area contributed by atoms with E-state index >= 15 is 0 Å². The number of H-pyrrole nitrogens is 1. The van der Waals surface area contributed by atoms with Crippen molar-refractivity contribution in [1.29, 1.82) is 0 Å². The molecule has 0 bridgehead atoms. The molecule has 22 heavy (non-hydrogen) atoms. The van der Waals surface area contributed by atoms with Gasteiger partial charge in [-0.2, -0.15) is 10.2 Å². The molecule has 0 aliphatic heterocycles. The molecule has 1 aromatic carbocycles. The van der Waals surface area contributed by atoms with Gasteiger partial charge in [-0.1, -0.05) is 0 Å². The molecule has 6 nitrogen and oxygen atoms in total. The molecular weight excluding hydrogens is 276 g/mol. The number of rotatable bonds is 3. The number of nitrogens with zero attached hydrogens (tertiary/aromatic N) is 5. The quantitative estimate of drug-likeness (QED) is 0.630. The first-order chi connectivity index (χ1) is 10.7. The summed E-state index contributed by atoms with van der Waals surface area (Å²) in [5.41, 5.74) is 3.92. The van der Waals surface area contributed by atoms with Gasteiger partial charge in [0.2, 0.25) is 0 Å². The van der Waals surface area contributed by atoms with Crippen LogP contribution in [0.15, 0.2) is 48.9 Å². The zero-order valence-corrected chi connectivity index (χ0v) is 12.4. The minimum absolute atomic E-state index is 0.288. The van der Waals surface area contributed by atoms with E-state index in [2.05, 4.69) is 34.0 Å². The van der Waals surface area contributed by atoms with Gasteiger partial charge in [0, 0.05) is 24.0 Å². The van der Waals surface area contributed by atoms with Crippen molar-refractivity contribution in [3.63, 3.8) is 0 Å². The van der Waals surface area contributed by atoms with Gasteiger partial charge in [-0.3, -0.25) is 0 Å². The van der Waals surface area contributed by atoms with E-state index in [1.165, 1.54) is 0 Å². The Labute approximate surface area is 127 Å². The lowest BCUT2D eigenvalue weighted by Crippen LogP contribution is -2.02. The zero-order valence-electron chi connectivity index (χ0n) is 12.4. The van der Waals surface area contributed by atoms with Crippen molar-refractivity contribution < 1.29 is 0 Å². The molecule has 110 valence electrons. The summed E-state index contributed by atoms with van der Waals surface area (Å²) in [5, 5.41) is 8.58. The lowest BCUT2D eigenvalue weighted by molar-refractivity contribution is 0.547. The number of hydrogen-bond donors (Lipinski definition) is 1. The molecule has 3 aromatic heterocycles. The second kappa shape index (κ2) is 4.84. The summed E-state index contributed by atoms with van der Waals surface area (Å²) in [4.78, 5) is 8.00. The fourth-order valence-electron chi connectivity index (χ4n) is 2.53.